The molecule has 0 aromatic heterocycles. The maximum atomic E-state index is 4.89. The van der Waals surface area contributed by atoms with Gasteiger partial charge >= 0.3 is 35.6 Å². The first-order valence-corrected chi connectivity index (χ1v) is 19.3. The molecule has 7 heteroatoms. The second-order valence-electron chi connectivity index (χ2n) is 10.0. The first-order chi connectivity index (χ1) is 16.5. The van der Waals surface area contributed by atoms with Gasteiger partial charge in [0.2, 0.25) is 0 Å². The van der Waals surface area contributed by atoms with Crippen LogP contribution in [0.25, 0.3) is 27.3 Å². The average Bonchev–Trinajstić information content (AvgIpc) is 3.22. The maximum absolute atomic E-state index is 4.89. The van der Waals surface area contributed by atoms with E-state index < -0.39 is 25.3 Å². The van der Waals surface area contributed by atoms with Crippen LogP contribution in [0, 0.1) is 25.2 Å². The summed E-state index contributed by atoms with van der Waals surface area (Å²) >= 11 is -0.556. The Bertz CT molecular complexity index is 1010. The standard InChI is InChI=1S/C27H33N3Si.CH3.2ClH.Ti/c1-20-15-26-24(23-12-7-11-22(16-23)21-9-5-4-6-10-21)13-8-14-25(26)27(20)31(2,3)30-18-28-17-29-19-30;;;;/h4-14,16,20,25-27H,15,17-19H2,1-3H3;1H3;2*1H;/q-2;-1;;;+6/p-2. The molecule has 0 bridgehead atoms. The molecule has 3 aliphatic rings. The summed E-state index contributed by atoms with van der Waals surface area (Å²) in [5.41, 5.74) is 6.24. The second kappa shape index (κ2) is 13.2. The fourth-order valence-electron chi connectivity index (χ4n) is 6.34. The first kappa shape index (κ1) is 28.9. The van der Waals surface area contributed by atoms with Gasteiger partial charge in [0.05, 0.1) is 0 Å². The van der Waals surface area contributed by atoms with E-state index >= 15 is 0 Å². The van der Waals surface area contributed by atoms with Gasteiger partial charge in [-0.15, -0.1) is 13.3 Å². The molecule has 1 heterocycles. The van der Waals surface area contributed by atoms with Gasteiger partial charge < -0.3 is 22.6 Å². The van der Waals surface area contributed by atoms with Crippen molar-refractivity contribution in [2.75, 3.05) is 20.0 Å². The van der Waals surface area contributed by atoms with Gasteiger partial charge in [0, 0.05) is 0 Å². The Morgan fingerprint density at radius 1 is 0.943 bits per heavy atom. The molecule has 2 fully saturated rings. The Kier molecular flexibility index (Phi) is 10.9. The molecule has 0 radical (unpaired) electrons. The third-order valence-corrected chi connectivity index (χ3v) is 12.3. The van der Waals surface area contributed by atoms with Gasteiger partial charge in [-0.25, -0.2) is 0 Å². The van der Waals surface area contributed by atoms with Crippen molar-refractivity contribution in [1.82, 2.24) is 4.57 Å². The van der Waals surface area contributed by atoms with Crippen LogP contribution >= 0.6 is 18.6 Å². The Hall–Kier alpha value is -0.689. The van der Waals surface area contributed by atoms with Gasteiger partial charge in [-0.2, -0.15) is 0 Å². The SMILES string of the molecule is CC1CC2C(c3cccc(-c4ccccc4)c3)=CC=CC2C1[Si](C)(C)N1C[N-]C[N-]C1.[CH3-].[Cl][Ti+4][Cl]. The predicted octanol–water partition coefficient (Wildman–Crippen LogP) is 8.92. The van der Waals surface area contributed by atoms with E-state index in [-0.39, 0.29) is 7.43 Å². The van der Waals surface area contributed by atoms with E-state index in [1.807, 2.05) is 0 Å². The van der Waals surface area contributed by atoms with Crippen LogP contribution in [0.2, 0.25) is 18.6 Å². The molecule has 4 atom stereocenters. The number of allylic oxidation sites excluding steroid dienone is 4. The van der Waals surface area contributed by atoms with E-state index in [0.29, 0.717) is 18.5 Å². The number of fused-ring (bicyclic) bond motifs is 1. The molecule has 4 unspecified atom stereocenters. The molecule has 1 saturated heterocycles. The number of rotatable bonds is 4. The summed E-state index contributed by atoms with van der Waals surface area (Å²) in [5, 5.41) is 9.18. The summed E-state index contributed by atoms with van der Waals surface area (Å²) in [5.74, 6) is 1.96. The summed E-state index contributed by atoms with van der Waals surface area (Å²) in [7, 11) is 8.11. The van der Waals surface area contributed by atoms with Crippen LogP contribution in [0.5, 0.6) is 0 Å². The van der Waals surface area contributed by atoms with Crippen molar-refractivity contribution in [3.8, 4) is 11.1 Å². The molecular weight excluding hydrogens is 525 g/mol. The van der Waals surface area contributed by atoms with Crippen LogP contribution in [0.4, 0.5) is 0 Å². The quantitative estimate of drug-likeness (QED) is 0.271. The fraction of sp³-hybridized carbons (Fsp3) is 0.393. The second-order valence-corrected chi connectivity index (χ2v) is 17.2. The summed E-state index contributed by atoms with van der Waals surface area (Å²) in [6.45, 7) is 10.0. The predicted molar refractivity (Wildman–Crippen MR) is 152 cm³/mol. The molecule has 2 aromatic rings. The molecule has 184 valence electrons. The van der Waals surface area contributed by atoms with Crippen LogP contribution in [-0.4, -0.2) is 32.8 Å². The average molecular weight is 561 g/mol. The molecule has 2 aliphatic carbocycles. The summed E-state index contributed by atoms with van der Waals surface area (Å²) in [6.07, 6.45) is 8.49. The van der Waals surface area contributed by atoms with Crippen molar-refractivity contribution in [3.63, 3.8) is 0 Å². The molecule has 1 aliphatic heterocycles. The minimum atomic E-state index is -1.67. The molecule has 1 saturated carbocycles. The van der Waals surface area contributed by atoms with E-state index in [1.54, 1.807) is 0 Å². The van der Waals surface area contributed by atoms with Crippen LogP contribution < -0.4 is 0 Å². The third kappa shape index (κ3) is 6.42. The first-order valence-electron chi connectivity index (χ1n) is 12.0. The topological polar surface area (TPSA) is 31.4 Å². The molecular formula is C28H36Cl2N3SiTi+. The van der Waals surface area contributed by atoms with Crippen LogP contribution in [0.1, 0.15) is 18.9 Å². The van der Waals surface area contributed by atoms with Gasteiger partial charge in [-0.1, -0.05) is 86.8 Å². The van der Waals surface area contributed by atoms with Crippen molar-refractivity contribution in [1.29, 1.82) is 0 Å². The summed E-state index contributed by atoms with van der Waals surface area (Å²) < 4.78 is 2.61. The molecule has 35 heavy (non-hydrogen) atoms. The normalized spacial score (nSPS) is 26.3. The molecule has 0 spiro atoms. The molecule has 2 aromatic carbocycles. The van der Waals surface area contributed by atoms with E-state index in [9.17, 15) is 0 Å². The molecule has 0 amide bonds. The summed E-state index contributed by atoms with van der Waals surface area (Å²) in [6, 6.07) is 19.9. The van der Waals surface area contributed by atoms with E-state index in [4.69, 9.17) is 18.6 Å². The van der Waals surface area contributed by atoms with E-state index in [1.165, 1.54) is 28.7 Å². The zero-order valence-electron chi connectivity index (χ0n) is 21.2. The van der Waals surface area contributed by atoms with Gasteiger partial charge in [-0.3, -0.25) is 6.67 Å². The van der Waals surface area contributed by atoms with E-state index in [2.05, 4.69) is 108 Å². The number of hydrogen-bond donors (Lipinski definition) is 0. The molecule has 0 N–H and O–H groups in total. The molecule has 5 rings (SSSR count). The van der Waals surface area contributed by atoms with Gasteiger partial charge in [0.1, 0.15) is 8.24 Å². The Labute approximate surface area is 230 Å². The van der Waals surface area contributed by atoms with Crippen molar-refractivity contribution in [2.24, 2.45) is 17.8 Å². The Morgan fingerprint density at radius 2 is 1.57 bits per heavy atom. The van der Waals surface area contributed by atoms with Crippen LogP contribution in [0.3, 0.4) is 0 Å². The van der Waals surface area contributed by atoms with Crippen molar-refractivity contribution in [2.45, 2.75) is 32.0 Å². The number of nitrogens with zero attached hydrogens (tertiary/aromatic N) is 3. The van der Waals surface area contributed by atoms with Gasteiger partial charge in [-0.05, 0) is 58.0 Å². The van der Waals surface area contributed by atoms with Crippen molar-refractivity contribution < 1.29 is 17.0 Å². The summed E-state index contributed by atoms with van der Waals surface area (Å²) in [4.78, 5) is 0. The number of halogens is 2. The molecule has 3 nitrogen and oxygen atoms in total. The Morgan fingerprint density at radius 3 is 2.26 bits per heavy atom. The van der Waals surface area contributed by atoms with Crippen LogP contribution in [-0.2, 0) is 17.0 Å². The number of hydrogen-bond acceptors (Lipinski definition) is 1. The fourth-order valence-corrected chi connectivity index (χ4v) is 10.5. The van der Waals surface area contributed by atoms with E-state index in [0.717, 1.165) is 24.8 Å². The Balaban J connectivity index is 0.000000815. The van der Waals surface area contributed by atoms with Crippen molar-refractivity contribution in [3.05, 3.63) is 96.4 Å². The van der Waals surface area contributed by atoms with Gasteiger partial charge in [0.15, 0.2) is 0 Å². The zero-order chi connectivity index (χ0) is 24.1. The minimum absolute atomic E-state index is 0. The monoisotopic (exact) mass is 560 g/mol. The van der Waals surface area contributed by atoms with Crippen molar-refractivity contribution >= 4 is 32.4 Å². The third-order valence-electron chi connectivity index (χ3n) is 7.80. The number of benzene rings is 2. The van der Waals surface area contributed by atoms with Gasteiger partial charge in [0.25, 0.3) is 0 Å². The zero-order valence-corrected chi connectivity index (χ0v) is 25.2. The van der Waals surface area contributed by atoms with Crippen LogP contribution in [0.15, 0.2) is 72.8 Å².